The van der Waals surface area contributed by atoms with Crippen LogP contribution >= 0.6 is 0 Å². The van der Waals surface area contributed by atoms with E-state index in [-0.39, 0.29) is 30.8 Å². The third kappa shape index (κ3) is 6.32. The molecule has 9 heteroatoms. The average molecular weight is 300 g/mol. The molecule has 0 heterocycles. The first-order chi connectivity index (χ1) is 9.88. The van der Waals surface area contributed by atoms with Crippen LogP contribution in [-0.2, 0) is 16.0 Å². The Bertz CT molecular complexity index is 506. The fourth-order valence-corrected chi connectivity index (χ4v) is 1.59. The van der Waals surface area contributed by atoms with Gasteiger partial charge >= 0.3 is 6.09 Å². The van der Waals surface area contributed by atoms with Crippen molar-refractivity contribution in [3.8, 4) is 11.5 Å². The third-order valence-corrected chi connectivity index (χ3v) is 2.46. The molecule has 0 aliphatic carbocycles. The normalized spacial score (nSPS) is 11.5. The first-order valence-corrected chi connectivity index (χ1v) is 6.10. The number of hydrogen-bond acceptors (Lipinski definition) is 7. The maximum absolute atomic E-state index is 11.4. The predicted octanol–water partition coefficient (Wildman–Crippen LogP) is 0.963. The van der Waals surface area contributed by atoms with E-state index >= 15 is 0 Å². The van der Waals surface area contributed by atoms with Gasteiger partial charge in [-0.2, -0.15) is 0 Å². The average Bonchev–Trinajstić information content (AvgIpc) is 2.38. The first kappa shape index (κ1) is 16.3. The molecule has 0 aromatic heterocycles. The number of hydrogen-bond donors (Lipinski definition) is 3. The highest BCUT2D eigenvalue weighted by molar-refractivity contribution is 5.67. The molecule has 1 aromatic carbocycles. The van der Waals surface area contributed by atoms with Crippen molar-refractivity contribution < 1.29 is 29.7 Å². The summed E-state index contributed by atoms with van der Waals surface area (Å²) in [6.07, 6.45) is -0.314. The molecule has 1 rings (SSSR count). The van der Waals surface area contributed by atoms with Crippen LogP contribution in [0.4, 0.5) is 4.79 Å². The lowest BCUT2D eigenvalue weighted by atomic mass is 10.1. The molecule has 1 atom stereocenters. The Morgan fingerprint density at radius 1 is 1.38 bits per heavy atom. The summed E-state index contributed by atoms with van der Waals surface area (Å²) in [6, 6.07) is 4.07. The molecule has 0 aliphatic heterocycles. The molecule has 0 radical (unpaired) electrons. The molecule has 1 aromatic rings. The number of phenolic OH excluding ortho intramolecular Hbond substituents is 2. The maximum atomic E-state index is 11.4. The zero-order valence-corrected chi connectivity index (χ0v) is 11.3. The van der Waals surface area contributed by atoms with Crippen LogP contribution in [0.15, 0.2) is 18.2 Å². The van der Waals surface area contributed by atoms with Gasteiger partial charge in [0.25, 0.3) is 5.09 Å². The number of phenols is 2. The lowest BCUT2D eigenvalue weighted by molar-refractivity contribution is -0.757. The highest BCUT2D eigenvalue weighted by atomic mass is 17.0. The number of benzene rings is 1. The smallest absolute Gasteiger partial charge is 0.407 e. The number of aromatic hydroxyl groups is 2. The summed E-state index contributed by atoms with van der Waals surface area (Å²) in [5.41, 5.74) is 0.717. The van der Waals surface area contributed by atoms with Crippen LogP contribution in [0.3, 0.4) is 0 Å². The molecule has 0 fully saturated rings. The zero-order chi connectivity index (χ0) is 15.8. The Morgan fingerprint density at radius 2 is 2.10 bits per heavy atom. The van der Waals surface area contributed by atoms with Crippen LogP contribution in [0.1, 0.15) is 12.5 Å². The standard InChI is InChI=1S/C12H16N2O7/c1-8(6-9-2-3-10(15)11(16)7-9)13-12(17)20-4-5-21-14(18)19/h2-3,7-8,15-16H,4-6H2,1H3,(H,13,17). The molecule has 0 aliphatic rings. The van der Waals surface area contributed by atoms with Crippen molar-refractivity contribution in [2.24, 2.45) is 0 Å². The molecule has 3 N–H and O–H groups in total. The number of carbonyl (C=O) groups is 1. The SMILES string of the molecule is CC(Cc1ccc(O)c(O)c1)NC(=O)OCCO[N+](=O)[O-]. The van der Waals surface area contributed by atoms with Gasteiger partial charge in [0.1, 0.15) is 13.2 Å². The van der Waals surface area contributed by atoms with Gasteiger partial charge in [0.05, 0.1) is 0 Å². The first-order valence-electron chi connectivity index (χ1n) is 6.10. The van der Waals surface area contributed by atoms with Crippen LogP contribution in [0.2, 0.25) is 0 Å². The highest BCUT2D eigenvalue weighted by Crippen LogP contribution is 2.25. The molecule has 1 amide bonds. The number of rotatable bonds is 7. The Hall–Kier alpha value is -2.71. The van der Waals surface area contributed by atoms with Gasteiger partial charge in [0, 0.05) is 6.04 Å². The second-order valence-corrected chi connectivity index (χ2v) is 4.27. The van der Waals surface area contributed by atoms with Crippen LogP contribution in [0.25, 0.3) is 0 Å². The van der Waals surface area contributed by atoms with Crippen molar-refractivity contribution in [3.63, 3.8) is 0 Å². The number of amides is 1. The van der Waals surface area contributed by atoms with Gasteiger partial charge in [0.2, 0.25) is 0 Å². The lowest BCUT2D eigenvalue weighted by Crippen LogP contribution is -2.35. The molecule has 0 saturated carbocycles. The van der Waals surface area contributed by atoms with Gasteiger partial charge in [0.15, 0.2) is 11.5 Å². The molecule has 0 bridgehead atoms. The van der Waals surface area contributed by atoms with Crippen LogP contribution < -0.4 is 5.32 Å². The second-order valence-electron chi connectivity index (χ2n) is 4.27. The summed E-state index contributed by atoms with van der Waals surface area (Å²) in [7, 11) is 0. The van der Waals surface area contributed by atoms with E-state index in [2.05, 4.69) is 14.9 Å². The Morgan fingerprint density at radius 3 is 2.71 bits per heavy atom. The van der Waals surface area contributed by atoms with E-state index in [1.54, 1.807) is 13.0 Å². The van der Waals surface area contributed by atoms with Crippen LogP contribution in [-0.4, -0.2) is 40.6 Å². The van der Waals surface area contributed by atoms with Gasteiger partial charge in [-0.3, -0.25) is 0 Å². The largest absolute Gasteiger partial charge is 0.504 e. The van der Waals surface area contributed by atoms with Gasteiger partial charge in [-0.1, -0.05) is 6.07 Å². The van der Waals surface area contributed by atoms with Crippen molar-refractivity contribution in [1.82, 2.24) is 5.32 Å². The summed E-state index contributed by atoms with van der Waals surface area (Å²) >= 11 is 0. The topological polar surface area (TPSA) is 131 Å². The van der Waals surface area contributed by atoms with E-state index in [0.29, 0.717) is 6.42 Å². The quantitative estimate of drug-likeness (QED) is 0.296. The zero-order valence-electron chi connectivity index (χ0n) is 11.3. The minimum absolute atomic E-state index is 0.218. The van der Waals surface area contributed by atoms with Crippen molar-refractivity contribution in [2.75, 3.05) is 13.2 Å². The molecule has 21 heavy (non-hydrogen) atoms. The van der Waals surface area contributed by atoms with Gasteiger partial charge in [-0.05, 0) is 31.0 Å². The number of alkyl carbamates (subject to hydrolysis) is 1. The molecule has 9 nitrogen and oxygen atoms in total. The summed E-state index contributed by atoms with van der Waals surface area (Å²) in [5.74, 6) is -0.455. The van der Waals surface area contributed by atoms with E-state index < -0.39 is 11.2 Å². The number of nitrogens with zero attached hydrogens (tertiary/aromatic N) is 1. The lowest BCUT2D eigenvalue weighted by Gasteiger charge is -2.14. The highest BCUT2D eigenvalue weighted by Gasteiger charge is 2.10. The summed E-state index contributed by atoms with van der Waals surface area (Å²) in [4.78, 5) is 25.2. The predicted molar refractivity (Wildman–Crippen MR) is 70.4 cm³/mol. The fourth-order valence-electron chi connectivity index (χ4n) is 1.59. The number of nitrogens with one attached hydrogen (secondary N) is 1. The molecule has 1 unspecified atom stereocenters. The van der Waals surface area contributed by atoms with Crippen molar-refractivity contribution in [3.05, 3.63) is 33.9 Å². The fraction of sp³-hybridized carbons (Fsp3) is 0.417. The molecular formula is C12H16N2O7. The molecule has 116 valence electrons. The van der Waals surface area contributed by atoms with E-state index in [0.717, 1.165) is 5.56 Å². The Labute approximate surface area is 120 Å². The monoisotopic (exact) mass is 300 g/mol. The van der Waals surface area contributed by atoms with E-state index in [1.807, 2.05) is 0 Å². The van der Waals surface area contributed by atoms with Crippen molar-refractivity contribution >= 4 is 6.09 Å². The molecule has 0 saturated heterocycles. The summed E-state index contributed by atoms with van der Waals surface area (Å²) in [6.45, 7) is 1.15. The number of ether oxygens (including phenoxy) is 1. The van der Waals surface area contributed by atoms with Gasteiger partial charge in [-0.15, -0.1) is 10.1 Å². The Kier molecular flexibility index (Phi) is 6.05. The van der Waals surface area contributed by atoms with Crippen LogP contribution in [0.5, 0.6) is 11.5 Å². The number of carbonyl (C=O) groups excluding carboxylic acids is 1. The molecular weight excluding hydrogens is 284 g/mol. The Balaban J connectivity index is 2.32. The van der Waals surface area contributed by atoms with Crippen LogP contribution in [0, 0.1) is 10.1 Å². The second kappa shape index (κ2) is 7.78. The van der Waals surface area contributed by atoms with Crippen molar-refractivity contribution in [2.45, 2.75) is 19.4 Å². The third-order valence-electron chi connectivity index (χ3n) is 2.46. The minimum atomic E-state index is -0.971. The van der Waals surface area contributed by atoms with E-state index in [1.165, 1.54) is 12.1 Å². The van der Waals surface area contributed by atoms with Crippen molar-refractivity contribution in [1.29, 1.82) is 0 Å². The molecule has 0 spiro atoms. The van der Waals surface area contributed by atoms with E-state index in [9.17, 15) is 25.1 Å². The summed E-state index contributed by atoms with van der Waals surface area (Å²) < 4.78 is 4.67. The van der Waals surface area contributed by atoms with Gasteiger partial charge in [-0.25, -0.2) is 4.79 Å². The van der Waals surface area contributed by atoms with E-state index in [4.69, 9.17) is 0 Å². The van der Waals surface area contributed by atoms with Gasteiger partial charge < -0.3 is 25.1 Å². The summed E-state index contributed by atoms with van der Waals surface area (Å²) in [5, 5.41) is 29.9. The minimum Gasteiger partial charge on any atom is -0.504 e. The maximum Gasteiger partial charge on any atom is 0.407 e.